The standard InChI is InChI=1S/C12H19N3O/c1-9-3-5-14-11(10(9)7-13)15-6-4-12(2,16)8-15/h3,5,16H,4,6-8,13H2,1-2H3. The van der Waals surface area contributed by atoms with Gasteiger partial charge in [-0.3, -0.25) is 0 Å². The molecule has 0 bridgehead atoms. The number of nitrogens with zero attached hydrogens (tertiary/aromatic N) is 2. The molecule has 3 N–H and O–H groups in total. The van der Waals surface area contributed by atoms with Crippen molar-refractivity contribution in [2.24, 2.45) is 5.73 Å². The third kappa shape index (κ3) is 2.03. The molecule has 1 saturated heterocycles. The van der Waals surface area contributed by atoms with Gasteiger partial charge in [0.2, 0.25) is 0 Å². The number of rotatable bonds is 2. The Labute approximate surface area is 96.1 Å². The second-order valence-corrected chi connectivity index (χ2v) is 4.80. The predicted octanol–water partition coefficient (Wildman–Crippen LogP) is 0.810. The number of aliphatic hydroxyl groups is 1. The number of β-amino-alcohol motifs (C(OH)–C–C–N with tert-alkyl or cyclic N) is 1. The van der Waals surface area contributed by atoms with Crippen molar-refractivity contribution in [1.29, 1.82) is 0 Å². The first-order chi connectivity index (χ1) is 7.53. The molecule has 0 aliphatic carbocycles. The van der Waals surface area contributed by atoms with Gasteiger partial charge in [-0.2, -0.15) is 0 Å². The highest BCUT2D eigenvalue weighted by molar-refractivity contribution is 5.51. The van der Waals surface area contributed by atoms with E-state index in [2.05, 4.69) is 9.88 Å². The van der Waals surface area contributed by atoms with Crippen LogP contribution in [0.1, 0.15) is 24.5 Å². The maximum absolute atomic E-state index is 9.96. The van der Waals surface area contributed by atoms with Gasteiger partial charge in [-0.05, 0) is 31.9 Å². The minimum atomic E-state index is -0.600. The largest absolute Gasteiger partial charge is 0.388 e. The molecular formula is C12H19N3O. The molecular weight excluding hydrogens is 202 g/mol. The van der Waals surface area contributed by atoms with Gasteiger partial charge in [0, 0.05) is 31.4 Å². The van der Waals surface area contributed by atoms with Gasteiger partial charge >= 0.3 is 0 Å². The molecule has 0 saturated carbocycles. The van der Waals surface area contributed by atoms with E-state index in [-0.39, 0.29) is 0 Å². The Kier molecular flexibility index (Phi) is 2.86. The fourth-order valence-electron chi connectivity index (χ4n) is 2.23. The molecule has 0 amide bonds. The van der Waals surface area contributed by atoms with E-state index in [4.69, 9.17) is 5.73 Å². The van der Waals surface area contributed by atoms with Crippen LogP contribution in [0, 0.1) is 6.92 Å². The lowest BCUT2D eigenvalue weighted by Crippen LogP contribution is -2.30. The van der Waals surface area contributed by atoms with Crippen LogP contribution in [0.5, 0.6) is 0 Å². The summed E-state index contributed by atoms with van der Waals surface area (Å²) in [6.45, 7) is 5.88. The summed E-state index contributed by atoms with van der Waals surface area (Å²) in [4.78, 5) is 6.51. The van der Waals surface area contributed by atoms with Gasteiger partial charge in [-0.15, -0.1) is 0 Å². The Hall–Kier alpha value is -1.13. The van der Waals surface area contributed by atoms with Gasteiger partial charge in [0.15, 0.2) is 0 Å². The van der Waals surface area contributed by atoms with E-state index >= 15 is 0 Å². The first-order valence-corrected chi connectivity index (χ1v) is 5.65. The Morgan fingerprint density at radius 2 is 2.38 bits per heavy atom. The molecule has 0 radical (unpaired) electrons. The zero-order valence-corrected chi connectivity index (χ0v) is 9.90. The highest BCUT2D eigenvalue weighted by Crippen LogP contribution is 2.28. The smallest absolute Gasteiger partial charge is 0.133 e. The zero-order chi connectivity index (χ0) is 11.8. The van der Waals surface area contributed by atoms with Crippen LogP contribution in [0.3, 0.4) is 0 Å². The number of anilines is 1. The third-order valence-electron chi connectivity index (χ3n) is 3.22. The van der Waals surface area contributed by atoms with Crippen molar-refractivity contribution in [3.63, 3.8) is 0 Å². The number of nitrogens with two attached hydrogens (primary N) is 1. The summed E-state index contributed by atoms with van der Waals surface area (Å²) in [5.74, 6) is 0.931. The first kappa shape index (κ1) is 11.4. The average Bonchev–Trinajstić information content (AvgIpc) is 2.58. The topological polar surface area (TPSA) is 62.4 Å². The van der Waals surface area contributed by atoms with Gasteiger partial charge in [0.25, 0.3) is 0 Å². The maximum atomic E-state index is 9.96. The van der Waals surface area contributed by atoms with Crippen LogP contribution in [-0.2, 0) is 6.54 Å². The molecule has 1 aromatic heterocycles. The molecule has 88 valence electrons. The van der Waals surface area contributed by atoms with E-state index < -0.39 is 5.60 Å². The monoisotopic (exact) mass is 221 g/mol. The minimum absolute atomic E-state index is 0.494. The second kappa shape index (κ2) is 4.03. The van der Waals surface area contributed by atoms with Crippen molar-refractivity contribution < 1.29 is 5.11 Å². The molecule has 0 spiro atoms. The lowest BCUT2D eigenvalue weighted by Gasteiger charge is -2.22. The van der Waals surface area contributed by atoms with E-state index in [0.717, 1.165) is 24.3 Å². The molecule has 0 aromatic carbocycles. The van der Waals surface area contributed by atoms with Crippen molar-refractivity contribution in [2.75, 3.05) is 18.0 Å². The quantitative estimate of drug-likeness (QED) is 0.776. The summed E-state index contributed by atoms with van der Waals surface area (Å²) in [6, 6.07) is 1.97. The Morgan fingerprint density at radius 3 is 2.94 bits per heavy atom. The van der Waals surface area contributed by atoms with Crippen LogP contribution in [0.15, 0.2) is 12.3 Å². The highest BCUT2D eigenvalue weighted by atomic mass is 16.3. The third-order valence-corrected chi connectivity index (χ3v) is 3.22. The van der Waals surface area contributed by atoms with Crippen LogP contribution >= 0.6 is 0 Å². The first-order valence-electron chi connectivity index (χ1n) is 5.65. The summed E-state index contributed by atoms with van der Waals surface area (Å²) in [5, 5.41) is 9.96. The average molecular weight is 221 g/mol. The van der Waals surface area contributed by atoms with Crippen LogP contribution < -0.4 is 10.6 Å². The summed E-state index contributed by atoms with van der Waals surface area (Å²) >= 11 is 0. The van der Waals surface area contributed by atoms with E-state index in [1.54, 1.807) is 6.20 Å². The van der Waals surface area contributed by atoms with Crippen molar-refractivity contribution >= 4 is 5.82 Å². The van der Waals surface area contributed by atoms with E-state index in [1.807, 2.05) is 19.9 Å². The van der Waals surface area contributed by atoms with Gasteiger partial charge in [-0.1, -0.05) is 0 Å². The molecule has 4 nitrogen and oxygen atoms in total. The molecule has 1 atom stereocenters. The predicted molar refractivity (Wildman–Crippen MR) is 64.3 cm³/mol. The lowest BCUT2D eigenvalue weighted by atomic mass is 10.1. The number of aryl methyl sites for hydroxylation is 1. The summed E-state index contributed by atoms with van der Waals surface area (Å²) in [5.41, 5.74) is 7.41. The van der Waals surface area contributed by atoms with Crippen LogP contribution in [-0.4, -0.2) is 28.8 Å². The van der Waals surface area contributed by atoms with Gasteiger partial charge in [0.1, 0.15) is 5.82 Å². The van der Waals surface area contributed by atoms with E-state index in [9.17, 15) is 5.11 Å². The Balaban J connectivity index is 2.31. The van der Waals surface area contributed by atoms with Crippen LogP contribution in [0.2, 0.25) is 0 Å². The lowest BCUT2D eigenvalue weighted by molar-refractivity contribution is 0.0839. The molecule has 2 rings (SSSR count). The molecule has 1 aliphatic heterocycles. The molecule has 4 heteroatoms. The summed E-state index contributed by atoms with van der Waals surface area (Å²) in [7, 11) is 0. The maximum Gasteiger partial charge on any atom is 0.133 e. The van der Waals surface area contributed by atoms with Gasteiger partial charge in [-0.25, -0.2) is 4.98 Å². The number of pyridine rings is 1. The van der Waals surface area contributed by atoms with Crippen LogP contribution in [0.4, 0.5) is 5.82 Å². The zero-order valence-electron chi connectivity index (χ0n) is 9.90. The van der Waals surface area contributed by atoms with E-state index in [1.165, 1.54) is 5.56 Å². The van der Waals surface area contributed by atoms with Gasteiger partial charge in [0.05, 0.1) is 5.60 Å². The summed E-state index contributed by atoms with van der Waals surface area (Å²) in [6.07, 6.45) is 2.59. The minimum Gasteiger partial charge on any atom is -0.388 e. The van der Waals surface area contributed by atoms with Gasteiger partial charge < -0.3 is 15.7 Å². The molecule has 1 fully saturated rings. The number of hydrogen-bond acceptors (Lipinski definition) is 4. The normalized spacial score (nSPS) is 25.1. The van der Waals surface area contributed by atoms with E-state index in [0.29, 0.717) is 13.1 Å². The number of aromatic nitrogens is 1. The van der Waals surface area contributed by atoms with Crippen molar-refractivity contribution in [2.45, 2.75) is 32.4 Å². The number of hydrogen-bond donors (Lipinski definition) is 2. The molecule has 1 unspecified atom stereocenters. The summed E-state index contributed by atoms with van der Waals surface area (Å²) < 4.78 is 0. The molecule has 1 aliphatic rings. The molecule has 1 aromatic rings. The van der Waals surface area contributed by atoms with Crippen molar-refractivity contribution in [3.8, 4) is 0 Å². The van der Waals surface area contributed by atoms with Crippen molar-refractivity contribution in [3.05, 3.63) is 23.4 Å². The van der Waals surface area contributed by atoms with Crippen molar-refractivity contribution in [1.82, 2.24) is 4.98 Å². The Morgan fingerprint density at radius 1 is 1.62 bits per heavy atom. The van der Waals surface area contributed by atoms with Crippen LogP contribution in [0.25, 0.3) is 0 Å². The SMILES string of the molecule is Cc1ccnc(N2CCC(C)(O)C2)c1CN. The Bertz CT molecular complexity index is 390. The molecule has 16 heavy (non-hydrogen) atoms. The fraction of sp³-hybridized carbons (Fsp3) is 0.583. The molecule has 2 heterocycles. The highest BCUT2D eigenvalue weighted by Gasteiger charge is 2.32. The fourth-order valence-corrected chi connectivity index (χ4v) is 2.23. The second-order valence-electron chi connectivity index (χ2n) is 4.80.